The standard InChI is InChI=1S/C19H18F2N4O4/c1-19(2)17(27)25(18(28)23-19)9-15(26)24-4-3-14-13(8-24)22-16(29-14)10-5-11(20)7-12(21)6-10/h5-7H,3-4,8-9H2,1-2H3,(H,23,28). The molecule has 0 atom stereocenters. The third-order valence-electron chi connectivity index (χ3n) is 4.93. The van der Waals surface area contributed by atoms with Gasteiger partial charge in [-0.1, -0.05) is 0 Å². The number of nitrogens with zero attached hydrogens (tertiary/aromatic N) is 3. The predicted molar refractivity (Wildman–Crippen MR) is 95.3 cm³/mol. The summed E-state index contributed by atoms with van der Waals surface area (Å²) in [6.45, 7) is 3.19. The molecule has 1 fully saturated rings. The van der Waals surface area contributed by atoms with E-state index in [1.54, 1.807) is 13.8 Å². The molecule has 0 spiro atoms. The highest BCUT2D eigenvalue weighted by atomic mass is 19.1. The van der Waals surface area contributed by atoms with Gasteiger partial charge in [0.1, 0.15) is 35.2 Å². The van der Waals surface area contributed by atoms with Crippen LogP contribution in [0.15, 0.2) is 22.6 Å². The van der Waals surface area contributed by atoms with Crippen LogP contribution in [0.4, 0.5) is 13.6 Å². The Kier molecular flexibility index (Phi) is 4.36. The van der Waals surface area contributed by atoms with Gasteiger partial charge < -0.3 is 14.6 Å². The van der Waals surface area contributed by atoms with Gasteiger partial charge in [-0.05, 0) is 26.0 Å². The molecule has 1 aromatic heterocycles. The fraction of sp³-hybridized carbons (Fsp3) is 0.368. The first-order valence-corrected chi connectivity index (χ1v) is 9.01. The maximum atomic E-state index is 13.4. The number of halogens is 2. The Morgan fingerprint density at radius 3 is 2.55 bits per heavy atom. The molecule has 10 heteroatoms. The van der Waals surface area contributed by atoms with Crippen molar-refractivity contribution in [3.63, 3.8) is 0 Å². The van der Waals surface area contributed by atoms with E-state index in [0.717, 1.165) is 23.1 Å². The van der Waals surface area contributed by atoms with E-state index in [2.05, 4.69) is 10.3 Å². The molecule has 0 bridgehead atoms. The SMILES string of the molecule is CC1(C)NC(=O)N(CC(=O)N2CCc3oc(-c4cc(F)cc(F)c4)nc3C2)C1=O. The smallest absolute Gasteiger partial charge is 0.325 e. The highest BCUT2D eigenvalue weighted by molar-refractivity contribution is 6.08. The first-order chi connectivity index (χ1) is 13.6. The van der Waals surface area contributed by atoms with E-state index in [1.165, 1.54) is 4.90 Å². The molecule has 3 heterocycles. The molecular formula is C19H18F2N4O4. The van der Waals surface area contributed by atoms with E-state index < -0.39 is 35.0 Å². The summed E-state index contributed by atoms with van der Waals surface area (Å²) < 4.78 is 32.5. The van der Waals surface area contributed by atoms with Gasteiger partial charge in [-0.2, -0.15) is 0 Å². The van der Waals surface area contributed by atoms with Crippen molar-refractivity contribution in [2.45, 2.75) is 32.4 Å². The number of carbonyl (C=O) groups excluding carboxylic acids is 3. The van der Waals surface area contributed by atoms with Crippen molar-refractivity contribution in [1.29, 1.82) is 0 Å². The zero-order chi connectivity index (χ0) is 20.9. The van der Waals surface area contributed by atoms with Crippen LogP contribution in [0.2, 0.25) is 0 Å². The van der Waals surface area contributed by atoms with Gasteiger partial charge in [-0.3, -0.25) is 14.5 Å². The predicted octanol–water partition coefficient (Wildman–Crippen LogP) is 1.83. The number of oxazole rings is 1. The van der Waals surface area contributed by atoms with E-state index in [0.29, 0.717) is 24.4 Å². The molecule has 0 aliphatic carbocycles. The Labute approximate surface area is 164 Å². The number of nitrogens with one attached hydrogen (secondary N) is 1. The topological polar surface area (TPSA) is 95.8 Å². The van der Waals surface area contributed by atoms with Crippen molar-refractivity contribution in [3.8, 4) is 11.5 Å². The molecule has 4 amide bonds. The summed E-state index contributed by atoms with van der Waals surface area (Å²) in [5, 5.41) is 2.53. The van der Waals surface area contributed by atoms with Crippen LogP contribution in [0.25, 0.3) is 11.5 Å². The number of hydrogen-bond donors (Lipinski definition) is 1. The summed E-state index contributed by atoms with van der Waals surface area (Å²) in [7, 11) is 0. The number of benzene rings is 1. The van der Waals surface area contributed by atoms with Crippen molar-refractivity contribution in [1.82, 2.24) is 20.1 Å². The molecular weight excluding hydrogens is 386 g/mol. The molecule has 1 N–H and O–H groups in total. The number of amides is 4. The van der Waals surface area contributed by atoms with Crippen LogP contribution >= 0.6 is 0 Å². The quantitative estimate of drug-likeness (QED) is 0.788. The van der Waals surface area contributed by atoms with E-state index >= 15 is 0 Å². The summed E-state index contributed by atoms with van der Waals surface area (Å²) in [4.78, 5) is 43.5. The van der Waals surface area contributed by atoms with Crippen LogP contribution in [0.3, 0.4) is 0 Å². The van der Waals surface area contributed by atoms with Gasteiger partial charge in [0.25, 0.3) is 5.91 Å². The van der Waals surface area contributed by atoms with Crippen molar-refractivity contribution >= 4 is 17.8 Å². The van der Waals surface area contributed by atoms with E-state index in [1.807, 2.05) is 0 Å². The van der Waals surface area contributed by atoms with Crippen LogP contribution < -0.4 is 5.32 Å². The summed E-state index contributed by atoms with van der Waals surface area (Å²) in [5.41, 5.74) is -0.411. The maximum Gasteiger partial charge on any atom is 0.325 e. The van der Waals surface area contributed by atoms with Crippen LogP contribution in [0, 0.1) is 11.6 Å². The Hall–Kier alpha value is -3.30. The number of fused-ring (bicyclic) bond motifs is 1. The molecule has 2 aromatic rings. The number of aromatic nitrogens is 1. The lowest BCUT2D eigenvalue weighted by Gasteiger charge is -2.27. The van der Waals surface area contributed by atoms with E-state index in [9.17, 15) is 23.2 Å². The Bertz CT molecular complexity index is 1010. The fourth-order valence-corrected chi connectivity index (χ4v) is 3.41. The highest BCUT2D eigenvalue weighted by Crippen LogP contribution is 2.27. The first kappa shape index (κ1) is 19.0. The summed E-state index contributed by atoms with van der Waals surface area (Å²) in [6, 6.07) is 2.37. The molecule has 1 saturated heterocycles. The van der Waals surface area contributed by atoms with Crippen LogP contribution in [0.5, 0.6) is 0 Å². The molecule has 29 heavy (non-hydrogen) atoms. The zero-order valence-corrected chi connectivity index (χ0v) is 15.8. The average Bonchev–Trinajstić information content (AvgIpc) is 3.14. The molecule has 152 valence electrons. The second kappa shape index (κ2) is 6.64. The van der Waals surface area contributed by atoms with Crippen LogP contribution in [0.1, 0.15) is 25.3 Å². The molecule has 0 saturated carbocycles. The minimum Gasteiger partial charge on any atom is -0.441 e. The van der Waals surface area contributed by atoms with Gasteiger partial charge in [0, 0.05) is 24.6 Å². The lowest BCUT2D eigenvalue weighted by molar-refractivity contribution is -0.139. The molecule has 4 rings (SSSR count). The number of hydrogen-bond acceptors (Lipinski definition) is 5. The van der Waals surface area contributed by atoms with Crippen molar-refractivity contribution in [2.75, 3.05) is 13.1 Å². The fourth-order valence-electron chi connectivity index (χ4n) is 3.41. The van der Waals surface area contributed by atoms with Crippen LogP contribution in [-0.4, -0.2) is 51.3 Å². The Morgan fingerprint density at radius 1 is 1.24 bits per heavy atom. The monoisotopic (exact) mass is 404 g/mol. The van der Waals surface area contributed by atoms with E-state index in [-0.39, 0.29) is 24.5 Å². The molecule has 2 aliphatic rings. The van der Waals surface area contributed by atoms with E-state index in [4.69, 9.17) is 4.42 Å². The van der Waals surface area contributed by atoms with Gasteiger partial charge in [-0.25, -0.2) is 18.6 Å². The Balaban J connectivity index is 1.49. The minimum atomic E-state index is -1.05. The number of rotatable bonds is 3. The van der Waals surface area contributed by atoms with Gasteiger partial charge in [0.2, 0.25) is 11.8 Å². The number of imide groups is 1. The van der Waals surface area contributed by atoms with Crippen LogP contribution in [-0.2, 0) is 22.6 Å². The normalized spacial score (nSPS) is 18.1. The molecule has 1 aromatic carbocycles. The lowest BCUT2D eigenvalue weighted by Crippen LogP contribution is -2.45. The molecule has 2 aliphatic heterocycles. The second-order valence-corrected chi connectivity index (χ2v) is 7.56. The average molecular weight is 404 g/mol. The maximum absolute atomic E-state index is 13.4. The third-order valence-corrected chi connectivity index (χ3v) is 4.93. The summed E-state index contributed by atoms with van der Waals surface area (Å²) in [5.74, 6) is -1.76. The zero-order valence-electron chi connectivity index (χ0n) is 15.8. The lowest BCUT2D eigenvalue weighted by atomic mass is 10.1. The first-order valence-electron chi connectivity index (χ1n) is 9.01. The minimum absolute atomic E-state index is 0.0681. The van der Waals surface area contributed by atoms with Crippen molar-refractivity contribution < 1.29 is 27.6 Å². The second-order valence-electron chi connectivity index (χ2n) is 7.56. The van der Waals surface area contributed by atoms with Gasteiger partial charge in [-0.15, -0.1) is 0 Å². The third kappa shape index (κ3) is 3.45. The van der Waals surface area contributed by atoms with Gasteiger partial charge in [0.15, 0.2) is 0 Å². The molecule has 8 nitrogen and oxygen atoms in total. The van der Waals surface area contributed by atoms with Crippen molar-refractivity contribution in [3.05, 3.63) is 41.3 Å². The largest absolute Gasteiger partial charge is 0.441 e. The van der Waals surface area contributed by atoms with Gasteiger partial charge >= 0.3 is 6.03 Å². The van der Waals surface area contributed by atoms with Crippen molar-refractivity contribution in [2.24, 2.45) is 0 Å². The number of urea groups is 1. The Morgan fingerprint density at radius 2 is 1.93 bits per heavy atom. The highest BCUT2D eigenvalue weighted by Gasteiger charge is 2.45. The molecule has 0 unspecified atom stereocenters. The summed E-state index contributed by atoms with van der Waals surface area (Å²) >= 11 is 0. The molecule has 0 radical (unpaired) electrons. The van der Waals surface area contributed by atoms with Gasteiger partial charge in [0.05, 0.1) is 6.54 Å². The number of carbonyl (C=O) groups is 3. The summed E-state index contributed by atoms with van der Waals surface area (Å²) in [6.07, 6.45) is 0.359.